The van der Waals surface area contributed by atoms with Crippen LogP contribution in [0.5, 0.6) is 0 Å². The van der Waals surface area contributed by atoms with Gasteiger partial charge in [-0.2, -0.15) is 0 Å². The summed E-state index contributed by atoms with van der Waals surface area (Å²) in [7, 11) is 0. The number of hydrogen-bond acceptors (Lipinski definition) is 5. The first-order chi connectivity index (χ1) is 8.81. The number of hydrogen-bond donors (Lipinski definition) is 1. The third-order valence-corrected chi connectivity index (χ3v) is 3.48. The summed E-state index contributed by atoms with van der Waals surface area (Å²) in [5, 5.41) is 8.26. The number of rotatable bonds is 2. The quantitative estimate of drug-likeness (QED) is 0.812. The average Bonchev–Trinajstić information content (AvgIpc) is 2.91. The van der Waals surface area contributed by atoms with Gasteiger partial charge in [-0.3, -0.25) is 0 Å². The molecule has 2 unspecified atom stereocenters. The fourth-order valence-electron chi connectivity index (χ4n) is 2.51. The molecule has 5 heteroatoms. The molecule has 0 aliphatic carbocycles. The molecule has 1 fully saturated rings. The topological polar surface area (TPSA) is 72.3 Å². The van der Waals surface area contributed by atoms with Gasteiger partial charge in [0.05, 0.1) is 0 Å². The molecule has 18 heavy (non-hydrogen) atoms. The lowest BCUT2D eigenvalue weighted by Gasteiger charge is -2.34. The van der Waals surface area contributed by atoms with Crippen molar-refractivity contribution in [2.75, 3.05) is 12.3 Å². The molecule has 94 valence electrons. The van der Waals surface area contributed by atoms with Crippen molar-refractivity contribution in [3.8, 4) is 0 Å². The van der Waals surface area contributed by atoms with E-state index in [-0.39, 0.29) is 6.10 Å². The molecule has 2 N–H and O–H groups in total. The van der Waals surface area contributed by atoms with Gasteiger partial charge in [0.25, 0.3) is 0 Å². The highest BCUT2D eigenvalue weighted by Gasteiger charge is 2.43. The maximum absolute atomic E-state index is 5.85. The summed E-state index contributed by atoms with van der Waals surface area (Å²) in [6.45, 7) is 0.770. The van der Waals surface area contributed by atoms with E-state index in [0.29, 0.717) is 0 Å². The van der Waals surface area contributed by atoms with E-state index in [1.807, 2.05) is 24.3 Å². The predicted octanol–water partition coefficient (Wildman–Crippen LogP) is 2.48. The lowest BCUT2D eigenvalue weighted by molar-refractivity contribution is -0.0316. The van der Waals surface area contributed by atoms with Gasteiger partial charge >= 0.3 is 0 Å². The zero-order valence-electron chi connectivity index (χ0n) is 10.1. The van der Waals surface area contributed by atoms with Gasteiger partial charge in [0.1, 0.15) is 12.4 Å². The van der Waals surface area contributed by atoms with E-state index in [9.17, 15) is 0 Å². The smallest absolute Gasteiger partial charge is 0.223 e. The van der Waals surface area contributed by atoms with Crippen LogP contribution < -0.4 is 5.73 Å². The van der Waals surface area contributed by atoms with Crippen LogP contribution in [-0.4, -0.2) is 19.0 Å². The van der Waals surface area contributed by atoms with Crippen LogP contribution >= 0.6 is 0 Å². The van der Waals surface area contributed by atoms with Gasteiger partial charge in [0.2, 0.25) is 5.66 Å². The average molecular weight is 244 g/mol. The lowest BCUT2D eigenvalue weighted by Crippen LogP contribution is -2.39. The second-order valence-corrected chi connectivity index (χ2v) is 4.66. The Morgan fingerprint density at radius 1 is 1.22 bits per heavy atom. The fraction of sp³-hybridized carbons (Fsp3) is 0.462. The highest BCUT2D eigenvalue weighted by Crippen LogP contribution is 2.39. The van der Waals surface area contributed by atoms with Crippen LogP contribution in [0.4, 0.5) is 5.69 Å². The Morgan fingerprint density at radius 3 is 2.67 bits per heavy atom. The minimum Gasteiger partial charge on any atom is -0.399 e. The van der Waals surface area contributed by atoms with Gasteiger partial charge < -0.3 is 10.5 Å². The molecule has 2 aliphatic heterocycles. The summed E-state index contributed by atoms with van der Waals surface area (Å²) in [4.78, 5) is 4.47. The van der Waals surface area contributed by atoms with Gasteiger partial charge in [-0.15, -0.1) is 10.2 Å². The highest BCUT2D eigenvalue weighted by molar-refractivity contribution is 5.59. The molecule has 2 aliphatic rings. The second-order valence-electron chi connectivity index (χ2n) is 4.66. The molecule has 0 spiro atoms. The largest absolute Gasteiger partial charge is 0.399 e. The minimum atomic E-state index is -0.700. The van der Waals surface area contributed by atoms with E-state index in [4.69, 9.17) is 10.5 Å². The van der Waals surface area contributed by atoms with Crippen molar-refractivity contribution in [1.29, 1.82) is 0 Å². The van der Waals surface area contributed by atoms with E-state index in [2.05, 4.69) is 15.2 Å². The van der Waals surface area contributed by atoms with Crippen LogP contribution in [0.15, 0.2) is 39.5 Å². The molecular formula is C13H16N4O. The first kappa shape index (κ1) is 11.3. The molecule has 0 radical (unpaired) electrons. The lowest BCUT2D eigenvalue weighted by atomic mass is 9.90. The SMILES string of the molecule is Nc1ccc(C2(C3CCCCO3)N=CN=N2)cc1. The van der Waals surface area contributed by atoms with Crippen molar-refractivity contribution < 1.29 is 4.74 Å². The highest BCUT2D eigenvalue weighted by atomic mass is 16.5. The second kappa shape index (κ2) is 4.49. The molecule has 0 amide bonds. The van der Waals surface area contributed by atoms with Crippen LogP contribution in [0.25, 0.3) is 0 Å². The maximum Gasteiger partial charge on any atom is 0.223 e. The summed E-state index contributed by atoms with van der Waals surface area (Å²) in [6.07, 6.45) is 4.69. The number of azo groups is 1. The van der Waals surface area contributed by atoms with Crippen molar-refractivity contribution in [3.05, 3.63) is 29.8 Å². The van der Waals surface area contributed by atoms with Crippen molar-refractivity contribution in [1.82, 2.24) is 0 Å². The Bertz CT molecular complexity index is 462. The van der Waals surface area contributed by atoms with Crippen molar-refractivity contribution >= 4 is 12.0 Å². The van der Waals surface area contributed by atoms with E-state index in [1.165, 1.54) is 6.34 Å². The summed E-state index contributed by atoms with van der Waals surface area (Å²) in [6, 6.07) is 7.64. The number of benzene rings is 1. The molecule has 3 rings (SSSR count). The molecule has 1 saturated heterocycles. The summed E-state index contributed by atoms with van der Waals surface area (Å²) >= 11 is 0. The summed E-state index contributed by atoms with van der Waals surface area (Å²) in [5.41, 5.74) is 6.74. The number of aliphatic imine (C=N–C) groups is 1. The number of nitrogen functional groups attached to an aromatic ring is 1. The number of nitrogens with two attached hydrogens (primary N) is 1. The predicted molar refractivity (Wildman–Crippen MR) is 69.5 cm³/mol. The number of ether oxygens (including phenoxy) is 1. The van der Waals surface area contributed by atoms with Gasteiger partial charge in [-0.05, 0) is 31.4 Å². The molecule has 2 atom stereocenters. The molecule has 2 heterocycles. The Morgan fingerprint density at radius 2 is 2.06 bits per heavy atom. The van der Waals surface area contributed by atoms with Gasteiger partial charge in [0, 0.05) is 17.9 Å². The molecule has 0 aromatic heterocycles. The van der Waals surface area contributed by atoms with Crippen molar-refractivity contribution in [2.24, 2.45) is 15.2 Å². The summed E-state index contributed by atoms with van der Waals surface area (Å²) in [5.74, 6) is 0. The van der Waals surface area contributed by atoms with Crippen molar-refractivity contribution in [3.63, 3.8) is 0 Å². The molecule has 1 aromatic rings. The van der Waals surface area contributed by atoms with Gasteiger partial charge in [0.15, 0.2) is 0 Å². The molecule has 0 saturated carbocycles. The zero-order chi connectivity index (χ0) is 12.4. The normalized spacial score (nSPS) is 30.8. The fourth-order valence-corrected chi connectivity index (χ4v) is 2.51. The maximum atomic E-state index is 5.85. The Kier molecular flexibility index (Phi) is 2.83. The summed E-state index contributed by atoms with van der Waals surface area (Å²) < 4.78 is 5.85. The molecule has 5 nitrogen and oxygen atoms in total. The van der Waals surface area contributed by atoms with Crippen LogP contribution in [0.3, 0.4) is 0 Å². The number of nitrogens with zero attached hydrogens (tertiary/aromatic N) is 3. The molecule has 1 aromatic carbocycles. The third-order valence-electron chi connectivity index (χ3n) is 3.48. The van der Waals surface area contributed by atoms with Gasteiger partial charge in [-0.1, -0.05) is 12.1 Å². The first-order valence-corrected chi connectivity index (χ1v) is 6.24. The first-order valence-electron chi connectivity index (χ1n) is 6.24. The van der Waals surface area contributed by atoms with Gasteiger partial charge in [-0.25, -0.2) is 4.99 Å². The zero-order valence-corrected chi connectivity index (χ0v) is 10.1. The Labute approximate surface area is 106 Å². The van der Waals surface area contributed by atoms with Crippen molar-refractivity contribution in [2.45, 2.75) is 31.0 Å². The number of anilines is 1. The molecular weight excluding hydrogens is 228 g/mol. The minimum absolute atomic E-state index is 0.0302. The Balaban J connectivity index is 1.98. The van der Waals surface area contributed by atoms with E-state index in [1.54, 1.807) is 0 Å². The van der Waals surface area contributed by atoms with E-state index >= 15 is 0 Å². The van der Waals surface area contributed by atoms with Crippen LogP contribution in [0, 0.1) is 0 Å². The van der Waals surface area contributed by atoms with Crippen LogP contribution in [-0.2, 0) is 10.4 Å². The van der Waals surface area contributed by atoms with E-state index < -0.39 is 5.66 Å². The van der Waals surface area contributed by atoms with Crippen LogP contribution in [0.1, 0.15) is 24.8 Å². The third kappa shape index (κ3) is 1.80. The molecule has 0 bridgehead atoms. The monoisotopic (exact) mass is 244 g/mol. The Hall–Kier alpha value is -1.75. The van der Waals surface area contributed by atoms with E-state index in [0.717, 1.165) is 37.1 Å². The van der Waals surface area contributed by atoms with Crippen LogP contribution in [0.2, 0.25) is 0 Å². The standard InChI is InChI=1S/C13H16N4O/c14-11-6-4-10(5-7-11)13(15-9-16-17-13)12-3-1-2-8-18-12/h4-7,9,12H,1-3,8,14H2.